The molecule has 2 nitrogen and oxygen atoms in total. The van der Waals surface area contributed by atoms with E-state index in [0.29, 0.717) is 0 Å². The van der Waals surface area contributed by atoms with Crippen LogP contribution in [-0.2, 0) is 6.54 Å². The molecule has 110 valence electrons. The first-order valence-electron chi connectivity index (χ1n) is 7.26. The minimum Gasteiger partial charge on any atom is -0.301 e. The Morgan fingerprint density at radius 2 is 1.59 bits per heavy atom. The zero-order chi connectivity index (χ0) is 15.2. The molecule has 0 spiro atoms. The second-order valence-electron chi connectivity index (χ2n) is 5.11. The first-order chi connectivity index (χ1) is 10.8. The quantitative estimate of drug-likeness (QED) is 0.766. The van der Waals surface area contributed by atoms with Gasteiger partial charge >= 0.3 is 0 Å². The molecule has 3 heteroatoms. The van der Waals surface area contributed by atoms with E-state index in [9.17, 15) is 4.39 Å². The predicted molar refractivity (Wildman–Crippen MR) is 85.8 cm³/mol. The van der Waals surface area contributed by atoms with Crippen LogP contribution in [0.15, 0.2) is 79.0 Å². The molecule has 22 heavy (non-hydrogen) atoms. The molecule has 3 aromatic rings. The van der Waals surface area contributed by atoms with Crippen LogP contribution in [-0.4, -0.2) is 4.98 Å². The first-order valence-corrected chi connectivity index (χ1v) is 7.26. The molecule has 0 saturated heterocycles. The van der Waals surface area contributed by atoms with Gasteiger partial charge in [-0.1, -0.05) is 48.5 Å². The largest absolute Gasteiger partial charge is 0.301 e. The molecule has 1 atom stereocenters. The van der Waals surface area contributed by atoms with Crippen molar-refractivity contribution < 1.29 is 4.39 Å². The zero-order valence-electron chi connectivity index (χ0n) is 12.1. The third-order valence-corrected chi connectivity index (χ3v) is 3.54. The molecule has 1 unspecified atom stereocenters. The number of nitrogens with zero attached hydrogens (tertiary/aromatic N) is 1. The Morgan fingerprint density at radius 1 is 0.864 bits per heavy atom. The monoisotopic (exact) mass is 292 g/mol. The van der Waals surface area contributed by atoms with E-state index < -0.39 is 0 Å². The number of halogens is 1. The molecule has 0 saturated carbocycles. The lowest BCUT2D eigenvalue weighted by molar-refractivity contribution is 0.586. The Hall–Kier alpha value is -2.52. The number of hydrogen-bond donors (Lipinski definition) is 1. The first kappa shape index (κ1) is 14.4. The normalized spacial score (nSPS) is 12.0. The van der Waals surface area contributed by atoms with Crippen LogP contribution in [0.3, 0.4) is 0 Å². The maximum atomic E-state index is 13.2. The molecular formula is C19H17FN2. The van der Waals surface area contributed by atoms with E-state index in [1.807, 2.05) is 36.4 Å². The number of pyridine rings is 1. The summed E-state index contributed by atoms with van der Waals surface area (Å²) in [5.41, 5.74) is 3.12. The summed E-state index contributed by atoms with van der Waals surface area (Å²) in [6.45, 7) is 0.722. The highest BCUT2D eigenvalue weighted by atomic mass is 19.1. The highest BCUT2D eigenvalue weighted by Crippen LogP contribution is 2.21. The van der Waals surface area contributed by atoms with Crippen LogP contribution in [0.4, 0.5) is 4.39 Å². The Morgan fingerprint density at radius 3 is 2.27 bits per heavy atom. The summed E-state index contributed by atoms with van der Waals surface area (Å²) >= 11 is 0. The Bertz CT molecular complexity index is 697. The molecule has 0 bridgehead atoms. The highest BCUT2D eigenvalue weighted by Gasteiger charge is 2.14. The summed E-state index contributed by atoms with van der Waals surface area (Å²) in [4.78, 5) is 4.43. The molecule has 1 heterocycles. The van der Waals surface area contributed by atoms with Crippen LogP contribution in [0, 0.1) is 5.82 Å². The molecular weight excluding hydrogens is 275 g/mol. The molecule has 0 fully saturated rings. The van der Waals surface area contributed by atoms with Gasteiger partial charge < -0.3 is 5.32 Å². The highest BCUT2D eigenvalue weighted by molar-refractivity contribution is 5.28. The molecule has 1 aromatic heterocycles. The summed E-state index contributed by atoms with van der Waals surface area (Å²) in [5.74, 6) is -0.230. The van der Waals surface area contributed by atoms with Gasteiger partial charge in [0.2, 0.25) is 0 Å². The van der Waals surface area contributed by atoms with Crippen LogP contribution in [0.2, 0.25) is 0 Å². The van der Waals surface area contributed by atoms with Gasteiger partial charge in [0.1, 0.15) is 5.82 Å². The molecule has 3 rings (SSSR count). The van der Waals surface area contributed by atoms with Gasteiger partial charge in [-0.25, -0.2) is 4.39 Å². The second kappa shape index (κ2) is 6.96. The molecule has 0 aliphatic rings. The van der Waals surface area contributed by atoms with Gasteiger partial charge in [0.05, 0.1) is 11.7 Å². The minimum absolute atomic E-state index is 0.0676. The van der Waals surface area contributed by atoms with E-state index in [4.69, 9.17) is 0 Å². The van der Waals surface area contributed by atoms with Gasteiger partial charge in [-0.15, -0.1) is 0 Å². The van der Waals surface area contributed by atoms with Crippen LogP contribution < -0.4 is 5.32 Å². The van der Waals surface area contributed by atoms with Gasteiger partial charge in [0.25, 0.3) is 0 Å². The van der Waals surface area contributed by atoms with Crippen LogP contribution >= 0.6 is 0 Å². The van der Waals surface area contributed by atoms with Crippen molar-refractivity contribution >= 4 is 0 Å². The molecule has 1 N–H and O–H groups in total. The molecule has 2 aromatic carbocycles. The number of benzene rings is 2. The van der Waals surface area contributed by atoms with Gasteiger partial charge in [-0.3, -0.25) is 4.98 Å². The Kier molecular flexibility index (Phi) is 4.56. The van der Waals surface area contributed by atoms with Crippen molar-refractivity contribution in [2.24, 2.45) is 0 Å². The van der Waals surface area contributed by atoms with Crippen LogP contribution in [0.25, 0.3) is 0 Å². The van der Waals surface area contributed by atoms with Crippen molar-refractivity contribution in [2.45, 2.75) is 12.6 Å². The third-order valence-electron chi connectivity index (χ3n) is 3.54. The maximum absolute atomic E-state index is 13.2. The van der Waals surface area contributed by atoms with Crippen LogP contribution in [0.1, 0.15) is 22.9 Å². The van der Waals surface area contributed by atoms with E-state index in [1.54, 1.807) is 18.3 Å². The Balaban J connectivity index is 1.85. The molecule has 0 aliphatic heterocycles. The third kappa shape index (κ3) is 3.57. The second-order valence-corrected chi connectivity index (χ2v) is 5.11. The van der Waals surface area contributed by atoms with E-state index in [1.165, 1.54) is 17.7 Å². The number of hydrogen-bond acceptors (Lipinski definition) is 2. The summed E-state index contributed by atoms with van der Waals surface area (Å²) in [6, 6.07) is 22.5. The summed E-state index contributed by atoms with van der Waals surface area (Å²) in [5, 5.41) is 3.50. The van der Waals surface area contributed by atoms with Crippen molar-refractivity contribution in [2.75, 3.05) is 0 Å². The SMILES string of the molecule is Fc1ccc(C(NCc2ccccc2)c2ccccn2)cc1. The lowest BCUT2D eigenvalue weighted by Crippen LogP contribution is -2.22. The van der Waals surface area contributed by atoms with Crippen molar-refractivity contribution in [3.63, 3.8) is 0 Å². The topological polar surface area (TPSA) is 24.9 Å². The predicted octanol–water partition coefficient (Wildman–Crippen LogP) is 4.10. The van der Waals surface area contributed by atoms with Gasteiger partial charge in [0.15, 0.2) is 0 Å². The van der Waals surface area contributed by atoms with Crippen molar-refractivity contribution in [3.8, 4) is 0 Å². The smallest absolute Gasteiger partial charge is 0.123 e. The van der Waals surface area contributed by atoms with E-state index in [2.05, 4.69) is 22.4 Å². The average molecular weight is 292 g/mol. The lowest BCUT2D eigenvalue weighted by atomic mass is 10.0. The van der Waals surface area contributed by atoms with E-state index in [0.717, 1.165) is 17.8 Å². The molecule has 0 radical (unpaired) electrons. The van der Waals surface area contributed by atoms with Crippen molar-refractivity contribution in [1.82, 2.24) is 10.3 Å². The molecule has 0 amide bonds. The average Bonchev–Trinajstić information content (AvgIpc) is 2.58. The standard InChI is InChI=1S/C19H17FN2/c20-17-11-9-16(10-12-17)19(18-8-4-5-13-21-18)22-14-15-6-2-1-3-7-15/h1-13,19,22H,14H2. The fourth-order valence-corrected chi connectivity index (χ4v) is 2.41. The van der Waals surface area contributed by atoms with Gasteiger partial charge in [-0.2, -0.15) is 0 Å². The van der Waals surface area contributed by atoms with Gasteiger partial charge in [0, 0.05) is 12.7 Å². The molecule has 0 aliphatic carbocycles. The zero-order valence-corrected chi connectivity index (χ0v) is 12.1. The van der Waals surface area contributed by atoms with Crippen LogP contribution in [0.5, 0.6) is 0 Å². The minimum atomic E-state index is -0.230. The summed E-state index contributed by atoms with van der Waals surface area (Å²) in [6.07, 6.45) is 1.77. The van der Waals surface area contributed by atoms with Crippen molar-refractivity contribution in [1.29, 1.82) is 0 Å². The summed E-state index contributed by atoms with van der Waals surface area (Å²) < 4.78 is 13.2. The number of aromatic nitrogens is 1. The fraction of sp³-hybridized carbons (Fsp3) is 0.105. The van der Waals surface area contributed by atoms with Crippen molar-refractivity contribution in [3.05, 3.63) is 102 Å². The van der Waals surface area contributed by atoms with Gasteiger partial charge in [-0.05, 0) is 35.4 Å². The van der Waals surface area contributed by atoms with E-state index >= 15 is 0 Å². The Labute approximate surface area is 129 Å². The number of nitrogens with one attached hydrogen (secondary N) is 1. The maximum Gasteiger partial charge on any atom is 0.123 e. The number of rotatable bonds is 5. The summed E-state index contributed by atoms with van der Waals surface area (Å²) in [7, 11) is 0. The lowest BCUT2D eigenvalue weighted by Gasteiger charge is -2.19. The fourth-order valence-electron chi connectivity index (χ4n) is 2.41. The van der Waals surface area contributed by atoms with E-state index in [-0.39, 0.29) is 11.9 Å².